The van der Waals surface area contributed by atoms with Crippen molar-refractivity contribution in [2.75, 3.05) is 0 Å². The van der Waals surface area contributed by atoms with E-state index in [9.17, 15) is 10.1 Å². The Labute approximate surface area is 129 Å². The Kier molecular flexibility index (Phi) is 4.14. The molecule has 1 saturated carbocycles. The van der Waals surface area contributed by atoms with Crippen molar-refractivity contribution < 1.29 is 4.79 Å². The molecule has 1 aromatic carbocycles. The molecule has 106 valence electrons. The van der Waals surface area contributed by atoms with Gasteiger partial charge in [0.2, 0.25) is 0 Å². The average Bonchev–Trinajstić information content (AvgIpc) is 2.40. The van der Waals surface area contributed by atoms with E-state index >= 15 is 0 Å². The van der Waals surface area contributed by atoms with Gasteiger partial charge in [-0.15, -0.1) is 0 Å². The molecule has 1 aliphatic carbocycles. The van der Waals surface area contributed by atoms with Gasteiger partial charge in [-0.3, -0.25) is 4.79 Å². The molecule has 1 aromatic rings. The minimum absolute atomic E-state index is 0.0230. The van der Waals surface area contributed by atoms with Crippen LogP contribution in [0.3, 0.4) is 0 Å². The lowest BCUT2D eigenvalue weighted by atomic mass is 9.61. The van der Waals surface area contributed by atoms with Gasteiger partial charge in [-0.2, -0.15) is 5.26 Å². The third-order valence-electron chi connectivity index (χ3n) is 4.19. The zero-order valence-electron chi connectivity index (χ0n) is 11.7. The summed E-state index contributed by atoms with van der Waals surface area (Å²) in [5, 5.41) is 10.5. The smallest absolute Gasteiger partial charge is 0.158 e. The molecule has 2 nitrogen and oxygen atoms in total. The van der Waals surface area contributed by atoms with Crippen LogP contribution < -0.4 is 0 Å². The molecule has 0 aliphatic heterocycles. The minimum atomic E-state index is -0.976. The van der Waals surface area contributed by atoms with Gasteiger partial charge in [-0.05, 0) is 30.9 Å². The number of Topliss-reactive ketones (excluding diaryl/α,β-unsaturated/α-hetero) is 1. The molecule has 0 heterocycles. The highest BCUT2D eigenvalue weighted by atomic mass is 35.5. The first kappa shape index (κ1) is 15.4. The molecule has 0 spiro atoms. The van der Waals surface area contributed by atoms with Crippen molar-refractivity contribution in [2.45, 2.75) is 39.5 Å². The molecule has 2 rings (SSSR count). The Hall–Kier alpha value is -1.04. The van der Waals surface area contributed by atoms with E-state index in [-0.39, 0.29) is 5.78 Å². The van der Waals surface area contributed by atoms with E-state index in [0.717, 1.165) is 18.4 Å². The lowest BCUT2D eigenvalue weighted by Gasteiger charge is -2.39. The van der Waals surface area contributed by atoms with Crippen molar-refractivity contribution in [1.82, 2.24) is 0 Å². The fraction of sp³-hybridized carbons (Fsp3) is 0.500. The molecule has 1 unspecified atom stereocenters. The molecule has 0 N–H and O–H groups in total. The van der Waals surface area contributed by atoms with E-state index < -0.39 is 10.8 Å². The first-order valence-electron chi connectivity index (χ1n) is 6.71. The number of benzene rings is 1. The van der Waals surface area contributed by atoms with Crippen LogP contribution in [-0.4, -0.2) is 5.78 Å². The second kappa shape index (κ2) is 5.39. The summed E-state index contributed by atoms with van der Waals surface area (Å²) in [6, 6.07) is 7.61. The number of ketones is 1. The summed E-state index contributed by atoms with van der Waals surface area (Å²) in [5.41, 5.74) is -0.651. The molecule has 0 amide bonds. The SMILES string of the molecule is CC1(C)CCCC(C#N)(Cc2cccc(Cl)c2Cl)C1=O. The molecule has 0 aromatic heterocycles. The number of rotatable bonds is 2. The van der Waals surface area contributed by atoms with E-state index in [1.165, 1.54) is 0 Å². The first-order valence-corrected chi connectivity index (χ1v) is 7.47. The summed E-state index contributed by atoms with van der Waals surface area (Å²) in [6.45, 7) is 3.83. The van der Waals surface area contributed by atoms with Gasteiger partial charge in [0, 0.05) is 5.41 Å². The van der Waals surface area contributed by atoms with Crippen molar-refractivity contribution in [3.05, 3.63) is 33.8 Å². The molecule has 1 fully saturated rings. The number of carbonyl (C=O) groups is 1. The number of nitrogens with zero attached hydrogens (tertiary/aromatic N) is 1. The molecule has 0 bridgehead atoms. The molecule has 0 saturated heterocycles. The molecule has 0 radical (unpaired) electrons. The van der Waals surface area contributed by atoms with E-state index in [0.29, 0.717) is 22.9 Å². The Morgan fingerprint density at radius 1 is 1.30 bits per heavy atom. The van der Waals surface area contributed by atoms with Crippen LogP contribution in [0.4, 0.5) is 0 Å². The first-order chi connectivity index (χ1) is 9.32. The fourth-order valence-corrected chi connectivity index (χ4v) is 3.42. The molecular formula is C16H17Cl2NO. The van der Waals surface area contributed by atoms with Crippen LogP contribution in [0.15, 0.2) is 18.2 Å². The molecule has 20 heavy (non-hydrogen) atoms. The largest absolute Gasteiger partial charge is 0.297 e. The number of halogens is 2. The zero-order valence-corrected chi connectivity index (χ0v) is 13.2. The van der Waals surface area contributed by atoms with Crippen molar-refractivity contribution in [2.24, 2.45) is 10.8 Å². The van der Waals surface area contributed by atoms with E-state index in [1.54, 1.807) is 12.1 Å². The quantitative estimate of drug-likeness (QED) is 0.785. The number of hydrogen-bond donors (Lipinski definition) is 0. The second-order valence-corrected chi connectivity index (χ2v) is 6.94. The van der Waals surface area contributed by atoms with Crippen LogP contribution in [0.2, 0.25) is 10.0 Å². The van der Waals surface area contributed by atoms with Gasteiger partial charge in [0.25, 0.3) is 0 Å². The maximum atomic E-state index is 12.7. The van der Waals surface area contributed by atoms with Crippen LogP contribution in [0.5, 0.6) is 0 Å². The standard InChI is InChI=1S/C16H17Cl2NO/c1-15(2)7-4-8-16(10-19,14(15)20)9-11-5-3-6-12(17)13(11)18/h3,5-6H,4,7-9H2,1-2H3. The molecule has 1 aliphatic rings. The summed E-state index contributed by atoms with van der Waals surface area (Å²) in [6.07, 6.45) is 2.64. The van der Waals surface area contributed by atoms with Gasteiger partial charge in [0.05, 0.1) is 16.1 Å². The molecule has 1 atom stereocenters. The maximum Gasteiger partial charge on any atom is 0.158 e. The van der Waals surface area contributed by atoms with Crippen molar-refractivity contribution in [3.8, 4) is 6.07 Å². The highest BCUT2D eigenvalue weighted by Gasteiger charge is 2.49. The fourth-order valence-electron chi connectivity index (χ4n) is 3.03. The predicted octanol–water partition coefficient (Wildman–Crippen LogP) is 4.83. The van der Waals surface area contributed by atoms with Crippen LogP contribution in [-0.2, 0) is 11.2 Å². The van der Waals surface area contributed by atoms with Gasteiger partial charge in [-0.1, -0.05) is 55.6 Å². The van der Waals surface area contributed by atoms with Crippen LogP contribution in [0.25, 0.3) is 0 Å². The lowest BCUT2D eigenvalue weighted by molar-refractivity contribution is -0.138. The topological polar surface area (TPSA) is 40.9 Å². The Morgan fingerprint density at radius 2 is 2.00 bits per heavy atom. The van der Waals surface area contributed by atoms with Crippen molar-refractivity contribution in [1.29, 1.82) is 5.26 Å². The van der Waals surface area contributed by atoms with Gasteiger partial charge >= 0.3 is 0 Å². The lowest BCUT2D eigenvalue weighted by Crippen LogP contribution is -2.45. The van der Waals surface area contributed by atoms with Gasteiger partial charge in [0.15, 0.2) is 5.78 Å². The third-order valence-corrected chi connectivity index (χ3v) is 5.05. The summed E-state index contributed by atoms with van der Waals surface area (Å²) in [7, 11) is 0. The van der Waals surface area contributed by atoms with Crippen LogP contribution >= 0.6 is 23.2 Å². The van der Waals surface area contributed by atoms with E-state index in [1.807, 2.05) is 19.9 Å². The predicted molar refractivity (Wildman–Crippen MR) is 80.9 cm³/mol. The number of hydrogen-bond acceptors (Lipinski definition) is 2. The summed E-state index contributed by atoms with van der Waals surface area (Å²) >= 11 is 12.2. The van der Waals surface area contributed by atoms with Gasteiger partial charge < -0.3 is 0 Å². The number of nitriles is 1. The van der Waals surface area contributed by atoms with Gasteiger partial charge in [-0.25, -0.2) is 0 Å². The third kappa shape index (κ3) is 2.57. The summed E-state index contributed by atoms with van der Waals surface area (Å²) < 4.78 is 0. The van der Waals surface area contributed by atoms with Crippen molar-refractivity contribution >= 4 is 29.0 Å². The Bertz CT molecular complexity index is 589. The summed E-state index contributed by atoms with van der Waals surface area (Å²) in [5.74, 6) is 0.0230. The minimum Gasteiger partial charge on any atom is -0.297 e. The molecular weight excluding hydrogens is 293 g/mol. The second-order valence-electron chi connectivity index (χ2n) is 6.15. The molecule has 4 heteroatoms. The highest BCUT2D eigenvalue weighted by Crippen LogP contribution is 2.45. The normalized spacial score (nSPS) is 25.2. The Balaban J connectivity index is 2.40. The monoisotopic (exact) mass is 309 g/mol. The highest BCUT2D eigenvalue weighted by molar-refractivity contribution is 6.42. The van der Waals surface area contributed by atoms with Gasteiger partial charge in [0.1, 0.15) is 5.41 Å². The van der Waals surface area contributed by atoms with Crippen LogP contribution in [0.1, 0.15) is 38.7 Å². The number of carbonyl (C=O) groups excluding carboxylic acids is 1. The van der Waals surface area contributed by atoms with Crippen molar-refractivity contribution in [3.63, 3.8) is 0 Å². The van der Waals surface area contributed by atoms with Crippen LogP contribution in [0, 0.1) is 22.2 Å². The van der Waals surface area contributed by atoms with E-state index in [2.05, 4.69) is 6.07 Å². The zero-order chi connectivity index (χ0) is 15.0. The average molecular weight is 310 g/mol. The maximum absolute atomic E-state index is 12.7. The van der Waals surface area contributed by atoms with E-state index in [4.69, 9.17) is 23.2 Å². The summed E-state index contributed by atoms with van der Waals surface area (Å²) in [4.78, 5) is 12.7. The Morgan fingerprint density at radius 3 is 2.65 bits per heavy atom.